The zero-order valence-corrected chi connectivity index (χ0v) is 12.2. The van der Waals surface area contributed by atoms with Crippen LogP contribution in [0.25, 0.3) is 0 Å². The molecule has 1 amide bonds. The van der Waals surface area contributed by atoms with Gasteiger partial charge in [-0.05, 0) is 43.0 Å². The van der Waals surface area contributed by atoms with Crippen LogP contribution in [0, 0.1) is 6.92 Å². The number of anilines is 1. The highest BCUT2D eigenvalue weighted by molar-refractivity contribution is 6.04. The summed E-state index contributed by atoms with van der Waals surface area (Å²) in [4.78, 5) is 16.5. The highest BCUT2D eigenvalue weighted by atomic mass is 16.1. The smallest absolute Gasteiger partial charge is 0.257 e. The molecule has 0 saturated heterocycles. The summed E-state index contributed by atoms with van der Waals surface area (Å²) in [6.45, 7) is 6.10. The van der Waals surface area contributed by atoms with E-state index in [0.29, 0.717) is 5.56 Å². The van der Waals surface area contributed by atoms with Crippen LogP contribution >= 0.6 is 0 Å². The van der Waals surface area contributed by atoms with E-state index in [1.165, 1.54) is 0 Å². The van der Waals surface area contributed by atoms with Crippen LogP contribution in [-0.2, 0) is 12.8 Å². The van der Waals surface area contributed by atoms with E-state index in [4.69, 9.17) is 0 Å². The molecule has 1 heterocycles. The van der Waals surface area contributed by atoms with Crippen molar-refractivity contribution in [3.63, 3.8) is 0 Å². The highest BCUT2D eigenvalue weighted by Crippen LogP contribution is 2.23. The molecule has 0 fully saturated rings. The van der Waals surface area contributed by atoms with Crippen LogP contribution in [0.2, 0.25) is 0 Å². The minimum absolute atomic E-state index is 0.104. The Bertz CT molecular complexity index is 581. The summed E-state index contributed by atoms with van der Waals surface area (Å²) >= 11 is 0. The summed E-state index contributed by atoms with van der Waals surface area (Å²) in [6.07, 6.45) is 3.41. The molecule has 0 radical (unpaired) electrons. The number of hydrogen-bond acceptors (Lipinski definition) is 2. The Labute approximate surface area is 120 Å². The summed E-state index contributed by atoms with van der Waals surface area (Å²) in [5.74, 6) is -0.104. The molecule has 0 atom stereocenters. The van der Waals surface area contributed by atoms with Crippen LogP contribution < -0.4 is 5.32 Å². The fraction of sp³-hybridized carbons (Fsp3) is 0.294. The van der Waals surface area contributed by atoms with Crippen LogP contribution in [-0.4, -0.2) is 10.9 Å². The summed E-state index contributed by atoms with van der Waals surface area (Å²) in [5, 5.41) is 3.04. The Hall–Kier alpha value is -2.16. The van der Waals surface area contributed by atoms with Crippen LogP contribution in [0.3, 0.4) is 0 Å². The average Bonchev–Trinajstić information content (AvgIpc) is 2.48. The van der Waals surface area contributed by atoms with E-state index in [2.05, 4.69) is 36.3 Å². The van der Waals surface area contributed by atoms with Gasteiger partial charge in [-0.2, -0.15) is 0 Å². The first-order chi connectivity index (χ1) is 9.65. The van der Waals surface area contributed by atoms with Crippen molar-refractivity contribution < 1.29 is 4.79 Å². The third kappa shape index (κ3) is 3.05. The maximum atomic E-state index is 12.3. The van der Waals surface area contributed by atoms with Gasteiger partial charge in [0.25, 0.3) is 5.91 Å². The number of benzene rings is 1. The largest absolute Gasteiger partial charge is 0.321 e. The predicted octanol–water partition coefficient (Wildman–Crippen LogP) is 3.77. The SMILES string of the molecule is CCc1cccc(CC)c1NC(=O)c1ccc(C)nc1. The first-order valence-electron chi connectivity index (χ1n) is 7.00. The number of carbonyl (C=O) groups excluding carboxylic acids is 1. The van der Waals surface area contributed by atoms with Gasteiger partial charge < -0.3 is 5.32 Å². The molecule has 0 spiro atoms. The molecule has 0 aliphatic rings. The van der Waals surface area contributed by atoms with E-state index < -0.39 is 0 Å². The first kappa shape index (κ1) is 14.3. The van der Waals surface area contributed by atoms with Gasteiger partial charge in [0.15, 0.2) is 0 Å². The van der Waals surface area contributed by atoms with Crippen molar-refractivity contribution in [2.24, 2.45) is 0 Å². The zero-order chi connectivity index (χ0) is 14.5. The number of amides is 1. The van der Waals surface area contributed by atoms with E-state index >= 15 is 0 Å². The number of nitrogens with one attached hydrogen (secondary N) is 1. The molecule has 0 aliphatic carbocycles. The van der Waals surface area contributed by atoms with Gasteiger partial charge in [-0.3, -0.25) is 9.78 Å². The second kappa shape index (κ2) is 6.33. The van der Waals surface area contributed by atoms with Gasteiger partial charge in [-0.15, -0.1) is 0 Å². The Kier molecular flexibility index (Phi) is 4.51. The molecule has 3 nitrogen and oxygen atoms in total. The Morgan fingerprint density at radius 2 is 1.75 bits per heavy atom. The molecule has 1 aromatic heterocycles. The first-order valence-corrected chi connectivity index (χ1v) is 7.00. The fourth-order valence-electron chi connectivity index (χ4n) is 2.19. The highest BCUT2D eigenvalue weighted by Gasteiger charge is 2.11. The topological polar surface area (TPSA) is 42.0 Å². The molecule has 3 heteroatoms. The van der Waals surface area contributed by atoms with Gasteiger partial charge in [-0.25, -0.2) is 0 Å². The maximum absolute atomic E-state index is 12.3. The van der Waals surface area contributed by atoms with Crippen molar-refractivity contribution in [1.82, 2.24) is 4.98 Å². The fourth-order valence-corrected chi connectivity index (χ4v) is 2.19. The Morgan fingerprint density at radius 1 is 1.10 bits per heavy atom. The van der Waals surface area contributed by atoms with Crippen LogP contribution in [0.1, 0.15) is 41.0 Å². The monoisotopic (exact) mass is 268 g/mol. The quantitative estimate of drug-likeness (QED) is 0.917. The van der Waals surface area contributed by atoms with E-state index in [0.717, 1.165) is 35.3 Å². The average molecular weight is 268 g/mol. The lowest BCUT2D eigenvalue weighted by Crippen LogP contribution is -2.15. The van der Waals surface area contributed by atoms with Gasteiger partial charge in [0.05, 0.1) is 5.56 Å². The minimum atomic E-state index is -0.104. The number of rotatable bonds is 4. The molecule has 2 aromatic rings. The molecule has 0 unspecified atom stereocenters. The lowest BCUT2D eigenvalue weighted by Gasteiger charge is -2.14. The molecular weight excluding hydrogens is 248 g/mol. The van der Waals surface area contributed by atoms with Crippen LogP contribution in [0.4, 0.5) is 5.69 Å². The van der Waals surface area contributed by atoms with Gasteiger partial charge >= 0.3 is 0 Å². The molecule has 0 aliphatic heterocycles. The second-order valence-electron chi connectivity index (χ2n) is 4.80. The van der Waals surface area contributed by atoms with E-state index in [9.17, 15) is 4.79 Å². The molecular formula is C17H20N2O. The summed E-state index contributed by atoms with van der Waals surface area (Å²) in [7, 11) is 0. The Morgan fingerprint density at radius 3 is 2.25 bits per heavy atom. The number of carbonyl (C=O) groups is 1. The van der Waals surface area contributed by atoms with Crippen LogP contribution in [0.5, 0.6) is 0 Å². The van der Waals surface area contributed by atoms with Crippen molar-refractivity contribution in [1.29, 1.82) is 0 Å². The van der Waals surface area contributed by atoms with Crippen molar-refractivity contribution >= 4 is 11.6 Å². The van der Waals surface area contributed by atoms with E-state index in [-0.39, 0.29) is 5.91 Å². The number of para-hydroxylation sites is 1. The number of hydrogen-bond donors (Lipinski definition) is 1. The van der Waals surface area contributed by atoms with Gasteiger partial charge in [0.2, 0.25) is 0 Å². The molecule has 104 valence electrons. The molecule has 20 heavy (non-hydrogen) atoms. The van der Waals surface area contributed by atoms with Crippen LogP contribution in [0.15, 0.2) is 36.5 Å². The second-order valence-corrected chi connectivity index (χ2v) is 4.80. The van der Waals surface area contributed by atoms with E-state index in [1.54, 1.807) is 12.3 Å². The van der Waals surface area contributed by atoms with Crippen molar-refractivity contribution in [2.75, 3.05) is 5.32 Å². The lowest BCUT2D eigenvalue weighted by atomic mass is 10.0. The third-order valence-corrected chi connectivity index (χ3v) is 3.41. The normalized spacial score (nSPS) is 10.3. The summed E-state index contributed by atoms with van der Waals surface area (Å²) in [5.41, 5.74) is 4.77. The molecule has 1 N–H and O–H groups in total. The molecule has 1 aromatic carbocycles. The van der Waals surface area contributed by atoms with Crippen molar-refractivity contribution in [3.8, 4) is 0 Å². The molecule has 2 rings (SSSR count). The maximum Gasteiger partial charge on any atom is 0.257 e. The van der Waals surface area contributed by atoms with Crippen molar-refractivity contribution in [2.45, 2.75) is 33.6 Å². The number of pyridine rings is 1. The van der Waals surface area contributed by atoms with E-state index in [1.807, 2.05) is 19.1 Å². The number of nitrogens with zero attached hydrogens (tertiary/aromatic N) is 1. The molecule has 0 saturated carbocycles. The third-order valence-electron chi connectivity index (χ3n) is 3.41. The minimum Gasteiger partial charge on any atom is -0.321 e. The lowest BCUT2D eigenvalue weighted by molar-refractivity contribution is 0.102. The zero-order valence-electron chi connectivity index (χ0n) is 12.2. The van der Waals surface area contributed by atoms with Gasteiger partial charge in [0.1, 0.15) is 0 Å². The van der Waals surface area contributed by atoms with Gasteiger partial charge in [0, 0.05) is 17.6 Å². The molecule has 0 bridgehead atoms. The Balaban J connectivity index is 2.29. The summed E-state index contributed by atoms with van der Waals surface area (Å²) in [6, 6.07) is 9.81. The number of aromatic nitrogens is 1. The standard InChI is InChI=1S/C17H20N2O/c1-4-13-7-6-8-14(5-2)16(13)19-17(20)15-10-9-12(3)18-11-15/h6-11H,4-5H2,1-3H3,(H,19,20). The predicted molar refractivity (Wildman–Crippen MR) is 82.1 cm³/mol. The van der Waals surface area contributed by atoms with Gasteiger partial charge in [-0.1, -0.05) is 32.0 Å². The van der Waals surface area contributed by atoms with Crippen molar-refractivity contribution in [3.05, 3.63) is 58.9 Å². The number of aryl methyl sites for hydroxylation is 3. The summed E-state index contributed by atoms with van der Waals surface area (Å²) < 4.78 is 0.